The van der Waals surface area contributed by atoms with Crippen LogP contribution in [0.2, 0.25) is 5.02 Å². The minimum atomic E-state index is -0.428. The number of halogens is 1. The number of hydrogen-bond donors (Lipinski definition) is 1. The van der Waals surface area contributed by atoms with Crippen LogP contribution in [0, 0.1) is 6.92 Å². The maximum Gasteiger partial charge on any atom is 0.340 e. The molecule has 0 aliphatic heterocycles. The molecule has 1 aromatic heterocycles. The van der Waals surface area contributed by atoms with Crippen molar-refractivity contribution in [2.45, 2.75) is 39.7 Å². The van der Waals surface area contributed by atoms with Gasteiger partial charge < -0.3 is 14.5 Å². The standard InChI is InChI=1S/C18H20ClNO3S/c1-4-13(5-2)23-18(21)15-10-12(6-7-16(15)19)20-17(24)14-8-9-22-11(14)3/h6-10,13H,4-5H2,1-3H3,(H,20,24). The number of thiocarbonyl (C=S) groups is 1. The van der Waals surface area contributed by atoms with E-state index in [1.165, 1.54) is 0 Å². The molecule has 0 bridgehead atoms. The Balaban J connectivity index is 2.17. The largest absolute Gasteiger partial charge is 0.469 e. The van der Waals surface area contributed by atoms with Crippen molar-refractivity contribution in [1.29, 1.82) is 0 Å². The zero-order valence-corrected chi connectivity index (χ0v) is 15.5. The molecule has 0 saturated carbocycles. The van der Waals surface area contributed by atoms with E-state index in [0.29, 0.717) is 21.3 Å². The number of nitrogens with one attached hydrogen (secondary N) is 1. The van der Waals surface area contributed by atoms with E-state index < -0.39 is 5.97 Å². The Kier molecular flexibility index (Phi) is 6.40. The number of furan rings is 1. The maximum absolute atomic E-state index is 12.3. The Morgan fingerprint density at radius 1 is 1.29 bits per heavy atom. The highest BCUT2D eigenvalue weighted by atomic mass is 35.5. The summed E-state index contributed by atoms with van der Waals surface area (Å²) in [4.78, 5) is 12.8. The summed E-state index contributed by atoms with van der Waals surface area (Å²) in [5.74, 6) is 0.303. The Labute approximate surface area is 152 Å². The quantitative estimate of drug-likeness (QED) is 0.550. The Bertz CT molecular complexity index is 738. The first kappa shape index (κ1) is 18.5. The molecular weight excluding hydrogens is 346 g/mol. The fourth-order valence-electron chi connectivity index (χ4n) is 2.25. The summed E-state index contributed by atoms with van der Waals surface area (Å²) in [5, 5.41) is 3.44. The predicted molar refractivity (Wildman–Crippen MR) is 100 cm³/mol. The van der Waals surface area contributed by atoms with Crippen molar-refractivity contribution >= 4 is 40.5 Å². The van der Waals surface area contributed by atoms with Crippen molar-refractivity contribution in [2.75, 3.05) is 5.32 Å². The van der Waals surface area contributed by atoms with Crippen LogP contribution < -0.4 is 5.32 Å². The van der Waals surface area contributed by atoms with Crippen molar-refractivity contribution in [2.24, 2.45) is 0 Å². The molecule has 0 radical (unpaired) electrons. The first-order valence-electron chi connectivity index (χ1n) is 7.82. The van der Waals surface area contributed by atoms with E-state index in [2.05, 4.69) is 5.32 Å². The molecule has 2 aromatic rings. The van der Waals surface area contributed by atoms with Gasteiger partial charge in [-0.15, -0.1) is 0 Å². The van der Waals surface area contributed by atoms with Crippen molar-refractivity contribution in [3.8, 4) is 0 Å². The lowest BCUT2D eigenvalue weighted by atomic mass is 10.1. The summed E-state index contributed by atoms with van der Waals surface area (Å²) < 4.78 is 10.7. The molecule has 0 saturated heterocycles. The number of rotatable bonds is 6. The molecule has 2 rings (SSSR count). The van der Waals surface area contributed by atoms with Crippen LogP contribution in [-0.4, -0.2) is 17.1 Å². The molecule has 0 aliphatic rings. The van der Waals surface area contributed by atoms with Crippen molar-refractivity contribution in [1.82, 2.24) is 0 Å². The van der Waals surface area contributed by atoms with E-state index in [9.17, 15) is 4.79 Å². The van der Waals surface area contributed by atoms with Crippen LogP contribution in [0.3, 0.4) is 0 Å². The summed E-state index contributed by atoms with van der Waals surface area (Å²) in [5.41, 5.74) is 1.79. The molecule has 1 N–H and O–H groups in total. The second kappa shape index (κ2) is 8.31. The van der Waals surface area contributed by atoms with Gasteiger partial charge in [-0.1, -0.05) is 37.7 Å². The van der Waals surface area contributed by atoms with Gasteiger partial charge in [0.1, 0.15) is 16.9 Å². The van der Waals surface area contributed by atoms with Gasteiger partial charge in [-0.2, -0.15) is 0 Å². The molecule has 0 aliphatic carbocycles. The van der Waals surface area contributed by atoms with Gasteiger partial charge in [-0.25, -0.2) is 4.79 Å². The second-order valence-corrected chi connectivity index (χ2v) is 6.20. The van der Waals surface area contributed by atoms with Crippen LogP contribution >= 0.6 is 23.8 Å². The van der Waals surface area contributed by atoms with E-state index >= 15 is 0 Å². The van der Waals surface area contributed by atoms with Crippen molar-refractivity contribution in [3.63, 3.8) is 0 Å². The molecular formula is C18H20ClNO3S. The summed E-state index contributed by atoms with van der Waals surface area (Å²) in [6.45, 7) is 5.79. The normalized spacial score (nSPS) is 10.7. The smallest absolute Gasteiger partial charge is 0.340 e. The molecule has 0 spiro atoms. The van der Waals surface area contributed by atoms with Gasteiger partial charge in [0.05, 0.1) is 22.4 Å². The Morgan fingerprint density at radius 3 is 2.58 bits per heavy atom. The number of hydrogen-bond acceptors (Lipinski definition) is 4. The third-order valence-corrected chi connectivity index (χ3v) is 4.38. The minimum absolute atomic E-state index is 0.111. The van der Waals surface area contributed by atoms with Gasteiger partial charge in [0.15, 0.2) is 0 Å². The lowest BCUT2D eigenvalue weighted by Crippen LogP contribution is -2.17. The molecule has 4 nitrogen and oxygen atoms in total. The molecule has 0 amide bonds. The van der Waals surface area contributed by atoms with Gasteiger partial charge >= 0.3 is 5.97 Å². The lowest BCUT2D eigenvalue weighted by Gasteiger charge is -2.15. The van der Waals surface area contributed by atoms with E-state index in [-0.39, 0.29) is 6.10 Å². The summed E-state index contributed by atoms with van der Waals surface area (Å²) >= 11 is 11.5. The third kappa shape index (κ3) is 4.36. The second-order valence-electron chi connectivity index (χ2n) is 5.38. The summed E-state index contributed by atoms with van der Waals surface area (Å²) in [7, 11) is 0. The van der Waals surface area contributed by atoms with Crippen LogP contribution in [0.15, 0.2) is 34.9 Å². The molecule has 6 heteroatoms. The first-order chi connectivity index (χ1) is 11.5. The number of benzene rings is 1. The first-order valence-corrected chi connectivity index (χ1v) is 8.60. The number of ether oxygens (including phenoxy) is 1. The van der Waals surface area contributed by atoms with Gasteiger partial charge in [0.25, 0.3) is 0 Å². The predicted octanol–water partition coefficient (Wildman–Crippen LogP) is 5.37. The number of carbonyl (C=O) groups excluding carboxylic acids is 1. The van der Waals surface area contributed by atoms with Crippen molar-refractivity contribution < 1.29 is 13.9 Å². The van der Waals surface area contributed by atoms with Crippen LogP contribution in [0.1, 0.15) is 48.4 Å². The molecule has 1 heterocycles. The minimum Gasteiger partial charge on any atom is -0.469 e. The molecule has 24 heavy (non-hydrogen) atoms. The molecule has 0 atom stereocenters. The van der Waals surface area contributed by atoms with Gasteiger partial charge in [0, 0.05) is 5.69 Å². The number of carbonyl (C=O) groups is 1. The number of anilines is 1. The van der Waals surface area contributed by atoms with E-state index in [1.54, 1.807) is 30.5 Å². The monoisotopic (exact) mass is 365 g/mol. The summed E-state index contributed by atoms with van der Waals surface area (Å²) in [6.07, 6.45) is 3.00. The number of esters is 1. The highest BCUT2D eigenvalue weighted by Crippen LogP contribution is 2.23. The topological polar surface area (TPSA) is 51.5 Å². The van der Waals surface area contributed by atoms with Gasteiger partial charge in [-0.05, 0) is 44.0 Å². The van der Waals surface area contributed by atoms with Crippen LogP contribution in [0.25, 0.3) is 0 Å². The van der Waals surface area contributed by atoms with Crippen LogP contribution in [-0.2, 0) is 4.74 Å². The highest BCUT2D eigenvalue weighted by Gasteiger charge is 2.17. The molecule has 0 unspecified atom stereocenters. The van der Waals surface area contributed by atoms with Crippen LogP contribution in [0.5, 0.6) is 0 Å². The third-order valence-electron chi connectivity index (χ3n) is 3.73. The Hall–Kier alpha value is -1.85. The van der Waals surface area contributed by atoms with Gasteiger partial charge in [-0.3, -0.25) is 0 Å². The van der Waals surface area contributed by atoms with Gasteiger partial charge in [0.2, 0.25) is 0 Å². The number of aryl methyl sites for hydroxylation is 1. The average Bonchev–Trinajstić information content (AvgIpc) is 3.00. The highest BCUT2D eigenvalue weighted by molar-refractivity contribution is 7.81. The fourth-order valence-corrected chi connectivity index (χ4v) is 2.77. The zero-order valence-electron chi connectivity index (χ0n) is 13.9. The van der Waals surface area contributed by atoms with E-state index in [0.717, 1.165) is 24.2 Å². The molecule has 0 fully saturated rings. The van der Waals surface area contributed by atoms with Crippen LogP contribution in [0.4, 0.5) is 5.69 Å². The Morgan fingerprint density at radius 2 is 2.00 bits per heavy atom. The van der Waals surface area contributed by atoms with Crippen molar-refractivity contribution in [3.05, 3.63) is 52.4 Å². The average molecular weight is 366 g/mol. The maximum atomic E-state index is 12.3. The fraction of sp³-hybridized carbons (Fsp3) is 0.333. The zero-order chi connectivity index (χ0) is 17.7. The lowest BCUT2D eigenvalue weighted by molar-refractivity contribution is 0.0284. The molecule has 1 aromatic carbocycles. The van der Waals surface area contributed by atoms with E-state index in [1.807, 2.05) is 20.8 Å². The molecule has 128 valence electrons. The van der Waals surface area contributed by atoms with E-state index in [4.69, 9.17) is 33.0 Å². The SMILES string of the molecule is CCC(CC)OC(=O)c1cc(NC(=S)c2ccoc2C)ccc1Cl. The summed E-state index contributed by atoms with van der Waals surface area (Å²) in [6, 6.07) is 6.85.